The molecule has 3 rings (SSSR count). The van der Waals surface area contributed by atoms with Crippen molar-refractivity contribution in [3.8, 4) is 0 Å². The van der Waals surface area contributed by atoms with Crippen molar-refractivity contribution in [2.24, 2.45) is 5.92 Å². The minimum atomic E-state index is -4.07. The third kappa shape index (κ3) is 3.68. The fraction of sp³-hybridized carbons (Fsp3) is 0.400. The highest BCUT2D eigenvalue weighted by molar-refractivity contribution is 7.92. The van der Waals surface area contributed by atoms with E-state index in [1.807, 2.05) is 0 Å². The first-order valence-electron chi connectivity index (χ1n) is 7.63. The van der Waals surface area contributed by atoms with Gasteiger partial charge in [0.05, 0.1) is 0 Å². The molecule has 0 bridgehead atoms. The standard InChI is InChI=1S/C15H19FN4O3S/c1-10-6-14(24(21,22)20-15-3-5-23-19-15)12(16)7-13(10)18-9-11-2-4-17-8-11/h3,5-7,11,17-18H,2,4,8-9H2,1H3,(H,19,20)/t11-/m0/s1. The first-order valence-corrected chi connectivity index (χ1v) is 9.12. The SMILES string of the molecule is Cc1cc(S(=O)(=O)Nc2ccon2)c(F)cc1NC[C@H]1CCNC1. The van der Waals surface area contributed by atoms with Crippen LogP contribution in [0.2, 0.25) is 0 Å². The molecule has 1 saturated heterocycles. The smallest absolute Gasteiger partial charge is 0.266 e. The molecule has 24 heavy (non-hydrogen) atoms. The molecule has 7 nitrogen and oxygen atoms in total. The minimum Gasteiger partial charge on any atom is -0.384 e. The Kier molecular flexibility index (Phi) is 4.72. The number of hydrogen-bond donors (Lipinski definition) is 3. The van der Waals surface area contributed by atoms with Crippen LogP contribution in [0.5, 0.6) is 0 Å². The normalized spacial score (nSPS) is 17.8. The number of nitrogens with zero attached hydrogens (tertiary/aromatic N) is 1. The number of rotatable bonds is 6. The number of anilines is 2. The molecule has 0 amide bonds. The molecule has 1 fully saturated rings. The zero-order chi connectivity index (χ0) is 17.2. The summed E-state index contributed by atoms with van der Waals surface area (Å²) in [6.45, 7) is 4.38. The maximum atomic E-state index is 14.3. The van der Waals surface area contributed by atoms with Crippen LogP contribution in [0.1, 0.15) is 12.0 Å². The second kappa shape index (κ2) is 6.78. The summed E-state index contributed by atoms with van der Waals surface area (Å²) in [5.41, 5.74) is 1.25. The summed E-state index contributed by atoms with van der Waals surface area (Å²) in [4.78, 5) is -0.420. The van der Waals surface area contributed by atoms with Gasteiger partial charge in [0.25, 0.3) is 10.0 Å². The van der Waals surface area contributed by atoms with E-state index in [9.17, 15) is 12.8 Å². The van der Waals surface area contributed by atoms with Gasteiger partial charge in [-0.1, -0.05) is 5.16 Å². The lowest BCUT2D eigenvalue weighted by Crippen LogP contribution is -2.18. The molecule has 0 unspecified atom stereocenters. The van der Waals surface area contributed by atoms with Crippen LogP contribution < -0.4 is 15.4 Å². The molecule has 1 aromatic carbocycles. The van der Waals surface area contributed by atoms with Gasteiger partial charge in [0.2, 0.25) is 0 Å². The van der Waals surface area contributed by atoms with Crippen molar-refractivity contribution >= 4 is 21.5 Å². The van der Waals surface area contributed by atoms with Crippen molar-refractivity contribution in [1.82, 2.24) is 10.5 Å². The number of nitrogens with one attached hydrogen (secondary N) is 3. The maximum absolute atomic E-state index is 14.3. The Morgan fingerprint density at radius 1 is 1.46 bits per heavy atom. The van der Waals surface area contributed by atoms with Crippen molar-refractivity contribution in [2.75, 3.05) is 29.7 Å². The van der Waals surface area contributed by atoms with E-state index >= 15 is 0 Å². The maximum Gasteiger partial charge on any atom is 0.266 e. The predicted molar refractivity (Wildman–Crippen MR) is 87.9 cm³/mol. The van der Waals surface area contributed by atoms with Gasteiger partial charge in [-0.25, -0.2) is 12.8 Å². The van der Waals surface area contributed by atoms with Gasteiger partial charge in [-0.2, -0.15) is 0 Å². The van der Waals surface area contributed by atoms with Crippen LogP contribution in [0.4, 0.5) is 15.9 Å². The largest absolute Gasteiger partial charge is 0.384 e. The average molecular weight is 354 g/mol. The molecule has 1 aliphatic heterocycles. The van der Waals surface area contributed by atoms with E-state index in [0.29, 0.717) is 17.2 Å². The van der Waals surface area contributed by atoms with Gasteiger partial charge in [0, 0.05) is 18.3 Å². The highest BCUT2D eigenvalue weighted by Crippen LogP contribution is 2.25. The van der Waals surface area contributed by atoms with Gasteiger partial charge in [-0.05, 0) is 50.0 Å². The second-order valence-corrected chi connectivity index (χ2v) is 7.48. The highest BCUT2D eigenvalue weighted by Gasteiger charge is 2.22. The van der Waals surface area contributed by atoms with Crippen LogP contribution in [0, 0.1) is 18.7 Å². The molecule has 3 N–H and O–H groups in total. The van der Waals surface area contributed by atoms with Gasteiger partial charge in [-0.3, -0.25) is 4.72 Å². The molecule has 1 aromatic heterocycles. The Hall–Kier alpha value is -2.13. The fourth-order valence-electron chi connectivity index (χ4n) is 2.65. The van der Waals surface area contributed by atoms with Gasteiger partial charge >= 0.3 is 0 Å². The summed E-state index contributed by atoms with van der Waals surface area (Å²) in [6, 6.07) is 3.87. The number of sulfonamides is 1. The average Bonchev–Trinajstić information content (AvgIpc) is 3.20. The highest BCUT2D eigenvalue weighted by atomic mass is 32.2. The predicted octanol–water partition coefficient (Wildman–Crippen LogP) is 1.94. The summed E-state index contributed by atoms with van der Waals surface area (Å²) >= 11 is 0. The molecule has 1 aliphatic rings. The summed E-state index contributed by atoms with van der Waals surface area (Å²) in [5.74, 6) is -0.323. The van der Waals surface area contributed by atoms with Gasteiger partial charge in [0.15, 0.2) is 5.82 Å². The van der Waals surface area contributed by atoms with E-state index in [1.54, 1.807) is 6.92 Å². The molecular formula is C15H19FN4O3S. The van der Waals surface area contributed by atoms with Gasteiger partial charge in [-0.15, -0.1) is 0 Å². The molecular weight excluding hydrogens is 335 g/mol. The third-order valence-electron chi connectivity index (χ3n) is 3.99. The van der Waals surface area contributed by atoms with E-state index in [1.165, 1.54) is 24.5 Å². The monoisotopic (exact) mass is 354 g/mol. The fourth-order valence-corrected chi connectivity index (χ4v) is 3.79. The van der Waals surface area contributed by atoms with Crippen LogP contribution in [0.25, 0.3) is 0 Å². The molecule has 0 aliphatic carbocycles. The molecule has 0 saturated carbocycles. The van der Waals surface area contributed by atoms with Crippen LogP contribution in [0.15, 0.2) is 33.9 Å². The lowest BCUT2D eigenvalue weighted by molar-refractivity contribution is 0.423. The number of hydrogen-bond acceptors (Lipinski definition) is 6. The van der Waals surface area contributed by atoms with Crippen molar-refractivity contribution < 1.29 is 17.3 Å². The van der Waals surface area contributed by atoms with Crippen molar-refractivity contribution in [1.29, 1.82) is 0 Å². The Morgan fingerprint density at radius 2 is 2.29 bits per heavy atom. The molecule has 0 spiro atoms. The van der Waals surface area contributed by atoms with Crippen molar-refractivity contribution in [3.05, 3.63) is 35.8 Å². The van der Waals surface area contributed by atoms with Crippen molar-refractivity contribution in [2.45, 2.75) is 18.2 Å². The van der Waals surface area contributed by atoms with E-state index < -0.39 is 20.7 Å². The van der Waals surface area contributed by atoms with Crippen LogP contribution in [-0.4, -0.2) is 33.2 Å². The van der Waals surface area contributed by atoms with E-state index in [0.717, 1.165) is 26.1 Å². The summed E-state index contributed by atoms with van der Waals surface area (Å²) in [5, 5.41) is 9.93. The number of aromatic nitrogens is 1. The quantitative estimate of drug-likeness (QED) is 0.734. The topological polar surface area (TPSA) is 96.3 Å². The third-order valence-corrected chi connectivity index (χ3v) is 5.36. The van der Waals surface area contributed by atoms with Crippen LogP contribution in [-0.2, 0) is 10.0 Å². The Labute approximate surface area is 139 Å². The van der Waals surface area contributed by atoms with E-state index in [-0.39, 0.29) is 5.82 Å². The summed E-state index contributed by atoms with van der Waals surface area (Å²) < 4.78 is 45.7. The molecule has 2 aromatic rings. The Balaban J connectivity index is 1.78. The number of aryl methyl sites for hydroxylation is 1. The van der Waals surface area contributed by atoms with Gasteiger partial charge in [0.1, 0.15) is 17.0 Å². The summed E-state index contributed by atoms with van der Waals surface area (Å²) in [7, 11) is -4.07. The lowest BCUT2D eigenvalue weighted by atomic mass is 10.1. The van der Waals surface area contributed by atoms with E-state index in [2.05, 4.69) is 25.0 Å². The molecule has 130 valence electrons. The second-order valence-electron chi connectivity index (χ2n) is 5.83. The Bertz CT molecular complexity index is 802. The zero-order valence-electron chi connectivity index (χ0n) is 13.2. The number of benzene rings is 1. The molecule has 0 radical (unpaired) electrons. The zero-order valence-corrected chi connectivity index (χ0v) is 14.0. The number of halogens is 1. The van der Waals surface area contributed by atoms with Crippen LogP contribution >= 0.6 is 0 Å². The summed E-state index contributed by atoms with van der Waals surface area (Å²) in [6.07, 6.45) is 2.30. The molecule has 1 atom stereocenters. The van der Waals surface area contributed by atoms with E-state index in [4.69, 9.17) is 0 Å². The first kappa shape index (κ1) is 16.7. The van der Waals surface area contributed by atoms with Gasteiger partial charge < -0.3 is 15.2 Å². The molecule has 2 heterocycles. The molecule has 9 heteroatoms. The minimum absolute atomic E-state index is 0.00277. The lowest BCUT2D eigenvalue weighted by Gasteiger charge is -2.15. The first-order chi connectivity index (χ1) is 11.5. The Morgan fingerprint density at radius 3 is 2.96 bits per heavy atom. The van der Waals surface area contributed by atoms with Crippen molar-refractivity contribution in [3.63, 3.8) is 0 Å². The van der Waals surface area contributed by atoms with Crippen LogP contribution in [0.3, 0.4) is 0 Å².